The molecule has 0 N–H and O–H groups in total. The number of benzene rings is 1. The second-order valence-electron chi connectivity index (χ2n) is 4.22. The first-order valence-corrected chi connectivity index (χ1v) is 7.86. The van der Waals surface area contributed by atoms with Crippen LogP contribution in [-0.4, -0.2) is 26.0 Å². The Labute approximate surface area is 92.8 Å². The van der Waals surface area contributed by atoms with Crippen LogP contribution in [-0.2, 0) is 0 Å². The third kappa shape index (κ3) is 2.84. The van der Waals surface area contributed by atoms with Gasteiger partial charge in [0, 0.05) is 0 Å². The van der Waals surface area contributed by atoms with Gasteiger partial charge in [0.05, 0.1) is 0 Å². The molecule has 1 rings (SSSR count). The molecule has 0 saturated carbocycles. The van der Waals surface area contributed by atoms with Crippen molar-refractivity contribution < 1.29 is 13.2 Å². The zero-order chi connectivity index (χ0) is 10.9. The molecule has 14 heavy (non-hydrogen) atoms. The first-order chi connectivity index (χ1) is 6.31. The average molecular weight is 208 g/mol. The maximum atomic E-state index is 13.3. The molecule has 0 fully saturated rings. The topological polar surface area (TPSA) is 9.23 Å². The fourth-order valence-electron chi connectivity index (χ4n) is 1.04. The molecule has 0 aliphatic carbocycles. The van der Waals surface area contributed by atoms with Crippen LogP contribution in [0.4, 0.5) is 8.78 Å². The summed E-state index contributed by atoms with van der Waals surface area (Å²) in [6.45, 7) is 5.76. The summed E-state index contributed by atoms with van der Waals surface area (Å²) >= 11 is 1.52. The van der Waals surface area contributed by atoms with Gasteiger partial charge in [0.25, 0.3) is 0 Å². The van der Waals surface area contributed by atoms with Crippen LogP contribution in [0.15, 0.2) is 12.1 Å². The quantitative estimate of drug-likeness (QED) is 0.675. The number of halogens is 2. The van der Waals surface area contributed by atoms with E-state index in [0.717, 1.165) is 0 Å². The number of hydrogen-bond acceptors (Lipinski definition) is 1. The van der Waals surface area contributed by atoms with E-state index in [1.807, 2.05) is 19.6 Å². The van der Waals surface area contributed by atoms with Gasteiger partial charge in [-0.25, -0.2) is 0 Å². The molecule has 0 amide bonds. The van der Waals surface area contributed by atoms with Crippen molar-refractivity contribution in [3.8, 4) is 5.75 Å². The van der Waals surface area contributed by atoms with E-state index in [9.17, 15) is 8.78 Å². The van der Waals surface area contributed by atoms with Gasteiger partial charge in [-0.15, -0.1) is 0 Å². The predicted octanol–water partition coefficient (Wildman–Crippen LogP) is 1.97. The fraction of sp³-hybridized carbons (Fsp3) is 0.333. The van der Waals surface area contributed by atoms with Crippen LogP contribution in [0.5, 0.6) is 5.75 Å². The summed E-state index contributed by atoms with van der Waals surface area (Å²) < 4.78 is 32.1. The summed E-state index contributed by atoms with van der Waals surface area (Å²) in [5.74, 6) is -1.68. The van der Waals surface area contributed by atoms with Gasteiger partial charge in [-0.2, -0.15) is 0 Å². The van der Waals surface area contributed by atoms with Crippen LogP contribution in [0.25, 0.3) is 0 Å². The first kappa shape index (κ1) is 11.8. The molecule has 0 bridgehead atoms. The second-order valence-corrected chi connectivity index (χ2v) is 8.65. The zero-order valence-electron chi connectivity index (χ0n) is 8.82. The molecule has 0 heterocycles. The van der Waals surface area contributed by atoms with Crippen LogP contribution in [0.2, 0.25) is 19.6 Å². The Bertz CT molecular complexity index is 349. The van der Waals surface area contributed by atoms with E-state index in [1.54, 1.807) is 0 Å². The minimum absolute atomic E-state index is 0.0206. The Kier molecular flexibility index (Phi) is 3.41. The third-order valence-corrected chi connectivity index (χ3v) is 2.49. The van der Waals surface area contributed by atoms with Crippen LogP contribution in [0, 0.1) is 11.6 Å². The van der Waals surface area contributed by atoms with Crippen LogP contribution >= 0.6 is 0 Å². The number of hydrogen-bond donors (Lipinski definition) is 0. The Morgan fingerprint density at radius 3 is 2.21 bits per heavy atom. The molecular formula is C9H11F2LiOSi. The van der Waals surface area contributed by atoms with Crippen molar-refractivity contribution >= 4 is 30.3 Å². The molecule has 0 aliphatic rings. The Hall–Kier alpha value is -0.306. The average Bonchev–Trinajstić information content (AvgIpc) is 2.04. The molecule has 72 valence electrons. The van der Waals surface area contributed by atoms with Crippen LogP contribution in [0.3, 0.4) is 0 Å². The van der Waals surface area contributed by atoms with Crippen molar-refractivity contribution in [2.75, 3.05) is 0 Å². The van der Waals surface area contributed by atoms with Crippen molar-refractivity contribution in [1.82, 2.24) is 0 Å². The molecule has 1 aromatic carbocycles. The SMILES string of the molecule is [Li][c]1ccc(O[Si](C)(C)C)c(F)c1F. The molecule has 0 radical (unpaired) electrons. The minimum atomic E-state index is -1.88. The Morgan fingerprint density at radius 2 is 1.71 bits per heavy atom. The van der Waals surface area contributed by atoms with E-state index < -0.39 is 20.0 Å². The van der Waals surface area contributed by atoms with E-state index in [0.29, 0.717) is 4.24 Å². The van der Waals surface area contributed by atoms with Crippen molar-refractivity contribution in [2.24, 2.45) is 0 Å². The van der Waals surface area contributed by atoms with Crippen molar-refractivity contribution in [2.45, 2.75) is 19.6 Å². The van der Waals surface area contributed by atoms with Crippen molar-refractivity contribution in [3.05, 3.63) is 23.8 Å². The summed E-state index contributed by atoms with van der Waals surface area (Å²) in [4.78, 5) is 0. The normalized spacial score (nSPS) is 11.6. The van der Waals surface area contributed by atoms with E-state index in [-0.39, 0.29) is 5.75 Å². The molecule has 0 saturated heterocycles. The van der Waals surface area contributed by atoms with Gasteiger partial charge in [-0.05, 0) is 0 Å². The molecule has 0 spiro atoms. The molecule has 0 unspecified atom stereocenters. The maximum absolute atomic E-state index is 13.3. The first-order valence-electron chi connectivity index (χ1n) is 4.45. The van der Waals surface area contributed by atoms with Crippen LogP contribution < -0.4 is 8.66 Å². The van der Waals surface area contributed by atoms with Gasteiger partial charge in [-0.3, -0.25) is 0 Å². The molecule has 0 atom stereocenters. The summed E-state index contributed by atoms with van der Waals surface area (Å²) in [6, 6.07) is 3.00. The summed E-state index contributed by atoms with van der Waals surface area (Å²) in [6.07, 6.45) is 0. The predicted molar refractivity (Wildman–Crippen MR) is 55.7 cm³/mol. The van der Waals surface area contributed by atoms with E-state index >= 15 is 0 Å². The van der Waals surface area contributed by atoms with Crippen molar-refractivity contribution in [1.29, 1.82) is 0 Å². The molecule has 0 aromatic heterocycles. The Balaban J connectivity index is 3.06. The van der Waals surface area contributed by atoms with E-state index in [1.165, 1.54) is 29.8 Å². The van der Waals surface area contributed by atoms with E-state index in [2.05, 4.69) is 0 Å². The van der Waals surface area contributed by atoms with Gasteiger partial charge < -0.3 is 0 Å². The summed E-state index contributed by atoms with van der Waals surface area (Å²) in [5, 5.41) is 0. The van der Waals surface area contributed by atoms with Gasteiger partial charge in [0.1, 0.15) is 0 Å². The monoisotopic (exact) mass is 208 g/mol. The van der Waals surface area contributed by atoms with Crippen LogP contribution in [0.1, 0.15) is 0 Å². The molecule has 0 aliphatic heterocycles. The van der Waals surface area contributed by atoms with Gasteiger partial charge in [0.2, 0.25) is 0 Å². The number of rotatable bonds is 2. The summed E-state index contributed by atoms with van der Waals surface area (Å²) in [5.41, 5.74) is 0. The van der Waals surface area contributed by atoms with Gasteiger partial charge in [0.15, 0.2) is 0 Å². The van der Waals surface area contributed by atoms with Crippen molar-refractivity contribution in [3.63, 3.8) is 0 Å². The molecular weight excluding hydrogens is 197 g/mol. The molecule has 5 heteroatoms. The molecule has 1 aromatic rings. The second kappa shape index (κ2) is 4.05. The third-order valence-electron chi connectivity index (χ3n) is 1.66. The van der Waals surface area contributed by atoms with Gasteiger partial charge in [-0.1, -0.05) is 0 Å². The summed E-state index contributed by atoms with van der Waals surface area (Å²) in [7, 11) is -1.88. The Morgan fingerprint density at radius 1 is 1.14 bits per heavy atom. The molecule has 1 nitrogen and oxygen atoms in total. The standard InChI is InChI=1S/C9H11F2OSi.Li/c1-13(2,3)12-8-6-4-5-7(10)9(8)11;/h4,6H,1-3H3;. The van der Waals surface area contributed by atoms with Gasteiger partial charge >= 0.3 is 92.6 Å². The zero-order valence-corrected chi connectivity index (χ0v) is 9.82. The fourth-order valence-corrected chi connectivity index (χ4v) is 1.85. The van der Waals surface area contributed by atoms with E-state index in [4.69, 9.17) is 4.43 Å².